The number of nitrogens with one attached hydrogen (secondary N) is 1. The maximum absolute atomic E-state index is 13.8. The molecule has 1 saturated heterocycles. The molecule has 1 fully saturated rings. The van der Waals surface area contributed by atoms with Crippen LogP contribution in [0.25, 0.3) is 0 Å². The van der Waals surface area contributed by atoms with Gasteiger partial charge in [0.05, 0.1) is 31.1 Å². The first-order valence-electron chi connectivity index (χ1n) is 7.24. The number of nitrogens with zero attached hydrogens (tertiary/aromatic N) is 1. The summed E-state index contributed by atoms with van der Waals surface area (Å²) in [6, 6.07) is 15.1. The molecule has 1 aliphatic heterocycles. The standard InChI is InChI=1S/C16H17FN2O2S.ClH/c17-15-8-4-5-9-16(15)18-10-12-19(13-11-18)22(20,21)14-6-2-1-3-7-14;/h1-9H,10-13H2;1H. The van der Waals surface area contributed by atoms with E-state index in [1.54, 1.807) is 48.5 Å². The Morgan fingerprint density at radius 2 is 1.48 bits per heavy atom. The molecule has 2 aromatic carbocycles. The second kappa shape index (κ2) is 7.40. The van der Waals surface area contributed by atoms with E-state index in [2.05, 4.69) is 0 Å². The number of rotatable bonds is 3. The lowest BCUT2D eigenvalue weighted by atomic mass is 10.2. The van der Waals surface area contributed by atoms with Crippen LogP contribution in [0.3, 0.4) is 0 Å². The van der Waals surface area contributed by atoms with Crippen LogP contribution >= 0.6 is 0 Å². The highest BCUT2D eigenvalue weighted by molar-refractivity contribution is 7.89. The minimum Gasteiger partial charge on any atom is -1.00 e. The van der Waals surface area contributed by atoms with Gasteiger partial charge in [-0.15, -0.1) is 0 Å². The van der Waals surface area contributed by atoms with Crippen LogP contribution in [0.5, 0.6) is 0 Å². The van der Waals surface area contributed by atoms with Crippen molar-refractivity contribution < 1.29 is 30.1 Å². The molecule has 3 rings (SSSR count). The molecule has 0 aromatic heterocycles. The number of benzene rings is 2. The van der Waals surface area contributed by atoms with Gasteiger partial charge < -0.3 is 12.4 Å². The molecule has 0 spiro atoms. The van der Waals surface area contributed by atoms with Gasteiger partial charge in [-0.05, 0) is 18.2 Å². The van der Waals surface area contributed by atoms with Crippen LogP contribution in [0, 0.1) is 5.82 Å². The summed E-state index contributed by atoms with van der Waals surface area (Å²) in [6.45, 7) is 1.90. The maximum atomic E-state index is 13.8. The average Bonchev–Trinajstić information content (AvgIpc) is 2.56. The summed E-state index contributed by atoms with van der Waals surface area (Å²) in [5, 5.41) is 0. The number of halogens is 2. The van der Waals surface area contributed by atoms with E-state index in [4.69, 9.17) is 0 Å². The fraction of sp³-hybridized carbons (Fsp3) is 0.250. The van der Waals surface area contributed by atoms with Crippen LogP contribution in [0.4, 0.5) is 10.1 Å². The fourth-order valence-electron chi connectivity index (χ4n) is 2.76. The van der Waals surface area contributed by atoms with Crippen molar-refractivity contribution in [3.63, 3.8) is 0 Å². The van der Waals surface area contributed by atoms with Gasteiger partial charge in [0.25, 0.3) is 0 Å². The van der Waals surface area contributed by atoms with E-state index >= 15 is 0 Å². The third-order valence-corrected chi connectivity index (χ3v) is 5.87. The van der Waals surface area contributed by atoms with Crippen molar-refractivity contribution in [3.05, 3.63) is 60.4 Å². The predicted molar refractivity (Wildman–Crippen MR) is 82.0 cm³/mol. The Morgan fingerprint density at radius 3 is 2.09 bits per heavy atom. The Morgan fingerprint density at radius 1 is 0.913 bits per heavy atom. The lowest BCUT2D eigenvalue weighted by Crippen LogP contribution is -3.10. The first-order chi connectivity index (χ1) is 10.6. The highest BCUT2D eigenvalue weighted by Crippen LogP contribution is 2.15. The number of sulfonamides is 1. The molecule has 7 heteroatoms. The molecule has 23 heavy (non-hydrogen) atoms. The topological polar surface area (TPSA) is 41.8 Å². The third kappa shape index (κ3) is 3.72. The minimum atomic E-state index is -3.45. The van der Waals surface area contributed by atoms with E-state index in [-0.39, 0.29) is 18.2 Å². The molecule has 0 radical (unpaired) electrons. The van der Waals surface area contributed by atoms with E-state index in [1.165, 1.54) is 10.4 Å². The number of hydrogen-bond donors (Lipinski definition) is 1. The molecule has 0 atom stereocenters. The Balaban J connectivity index is 0.00000192. The van der Waals surface area contributed by atoms with Crippen LogP contribution in [0.2, 0.25) is 0 Å². The van der Waals surface area contributed by atoms with E-state index in [0.717, 1.165) is 4.90 Å². The zero-order valence-electron chi connectivity index (χ0n) is 12.5. The average molecular weight is 357 g/mol. The van der Waals surface area contributed by atoms with Crippen molar-refractivity contribution in [1.82, 2.24) is 4.31 Å². The molecule has 1 N–H and O–H groups in total. The van der Waals surface area contributed by atoms with Gasteiger partial charge in [0.2, 0.25) is 10.0 Å². The van der Waals surface area contributed by atoms with Crippen molar-refractivity contribution in [2.45, 2.75) is 4.90 Å². The van der Waals surface area contributed by atoms with Crippen molar-refractivity contribution in [2.24, 2.45) is 0 Å². The quantitative estimate of drug-likeness (QED) is 0.695. The second-order valence-corrected chi connectivity index (χ2v) is 7.24. The van der Waals surface area contributed by atoms with E-state index in [0.29, 0.717) is 36.8 Å². The smallest absolute Gasteiger partial charge is 0.243 e. The fourth-order valence-corrected chi connectivity index (χ4v) is 4.22. The first kappa shape index (κ1) is 17.9. The number of hydrogen-bond acceptors (Lipinski definition) is 2. The van der Waals surface area contributed by atoms with Gasteiger partial charge in [-0.2, -0.15) is 4.31 Å². The Hall–Kier alpha value is -1.47. The van der Waals surface area contributed by atoms with Gasteiger partial charge in [0.15, 0.2) is 11.5 Å². The molecule has 0 bridgehead atoms. The summed E-state index contributed by atoms with van der Waals surface area (Å²) in [7, 11) is -3.45. The molecule has 1 aliphatic rings. The number of quaternary nitrogens is 1. The van der Waals surface area contributed by atoms with Crippen molar-refractivity contribution in [3.8, 4) is 0 Å². The van der Waals surface area contributed by atoms with E-state index < -0.39 is 10.0 Å². The van der Waals surface area contributed by atoms with Gasteiger partial charge in [0, 0.05) is 6.07 Å². The van der Waals surface area contributed by atoms with E-state index in [1.807, 2.05) is 0 Å². The highest BCUT2D eigenvalue weighted by atomic mass is 35.5. The second-order valence-electron chi connectivity index (χ2n) is 5.30. The number of piperazine rings is 1. The van der Waals surface area contributed by atoms with Crippen LogP contribution in [0.1, 0.15) is 0 Å². The lowest BCUT2D eigenvalue weighted by molar-refractivity contribution is -0.838. The SMILES string of the molecule is O=S(=O)(c1ccccc1)N1CC[NH+](c2ccccc2F)CC1.[Cl-]. The molecule has 1 heterocycles. The predicted octanol–water partition coefficient (Wildman–Crippen LogP) is -1.95. The summed E-state index contributed by atoms with van der Waals surface area (Å²) in [6.07, 6.45) is 0. The largest absolute Gasteiger partial charge is 1.00 e. The van der Waals surface area contributed by atoms with Gasteiger partial charge in [0.1, 0.15) is 0 Å². The summed E-state index contributed by atoms with van der Waals surface area (Å²) in [5.41, 5.74) is 0.610. The van der Waals surface area contributed by atoms with Gasteiger partial charge >= 0.3 is 0 Å². The number of para-hydroxylation sites is 1. The zero-order chi connectivity index (χ0) is 15.6. The van der Waals surface area contributed by atoms with Gasteiger partial charge in [-0.25, -0.2) is 12.8 Å². The van der Waals surface area contributed by atoms with Gasteiger partial charge in [-0.1, -0.05) is 30.3 Å². The van der Waals surface area contributed by atoms with Crippen LogP contribution in [-0.2, 0) is 10.0 Å². The summed E-state index contributed by atoms with van der Waals surface area (Å²) >= 11 is 0. The van der Waals surface area contributed by atoms with E-state index in [9.17, 15) is 12.8 Å². The molecule has 0 amide bonds. The van der Waals surface area contributed by atoms with Crippen molar-refractivity contribution in [1.29, 1.82) is 0 Å². The van der Waals surface area contributed by atoms with Crippen molar-refractivity contribution >= 4 is 15.7 Å². The van der Waals surface area contributed by atoms with Crippen molar-refractivity contribution in [2.75, 3.05) is 26.2 Å². The minimum absolute atomic E-state index is 0. The molecule has 0 aliphatic carbocycles. The molecule has 124 valence electrons. The summed E-state index contributed by atoms with van der Waals surface area (Å²) < 4.78 is 40.4. The van der Waals surface area contributed by atoms with Gasteiger partial charge in [-0.3, -0.25) is 4.90 Å². The summed E-state index contributed by atoms with van der Waals surface area (Å²) in [4.78, 5) is 1.29. The molecule has 0 unspecified atom stereocenters. The molecule has 0 saturated carbocycles. The Bertz CT molecular complexity index is 748. The van der Waals surface area contributed by atoms with Crippen LogP contribution in [-0.4, -0.2) is 38.9 Å². The molecule has 2 aromatic rings. The Kier molecular flexibility index (Phi) is 5.75. The molecular formula is C16H18ClFN2O2S. The maximum Gasteiger partial charge on any atom is 0.243 e. The molecule has 4 nitrogen and oxygen atoms in total. The first-order valence-corrected chi connectivity index (χ1v) is 8.68. The zero-order valence-corrected chi connectivity index (χ0v) is 14.0. The highest BCUT2D eigenvalue weighted by Gasteiger charge is 2.31. The van der Waals surface area contributed by atoms with Crippen LogP contribution < -0.4 is 17.3 Å². The monoisotopic (exact) mass is 356 g/mol. The van der Waals surface area contributed by atoms with Crippen LogP contribution in [0.15, 0.2) is 59.5 Å². The Labute approximate surface area is 142 Å². The lowest BCUT2D eigenvalue weighted by Gasteiger charge is -2.31. The normalized spacial score (nSPS) is 16.7. The molecular weight excluding hydrogens is 339 g/mol. The summed E-state index contributed by atoms with van der Waals surface area (Å²) in [5.74, 6) is -0.239. The third-order valence-electron chi connectivity index (χ3n) is 3.96.